The Morgan fingerprint density at radius 2 is 0.828 bits per heavy atom. The molecule has 0 atom stereocenters. The van der Waals surface area contributed by atoms with Crippen molar-refractivity contribution >= 4 is 11.6 Å². The number of aryl methyl sites for hydroxylation is 2. The monoisotopic (exact) mass is 446 g/mol. The van der Waals surface area contributed by atoms with Crippen molar-refractivity contribution < 1.29 is 18.6 Å². The van der Waals surface area contributed by atoms with Crippen molar-refractivity contribution in [3.63, 3.8) is 0 Å². The van der Waals surface area contributed by atoms with Crippen LogP contribution in [0.4, 0.5) is 0 Å². The van der Waals surface area contributed by atoms with Gasteiger partial charge in [0.1, 0.15) is 0 Å². The molecule has 29 heavy (non-hydrogen) atoms. The van der Waals surface area contributed by atoms with Gasteiger partial charge >= 0.3 is 0 Å². The molecule has 0 unspecified atom stereocenters. The first-order valence-electron chi connectivity index (χ1n) is 10.4. The number of benzene rings is 3. The van der Waals surface area contributed by atoms with Crippen LogP contribution in [0.5, 0.6) is 0 Å². The molecule has 3 aromatic carbocycles. The molecule has 0 heterocycles. The third kappa shape index (κ3) is 8.05. The molecule has 0 aromatic heterocycles. The van der Waals surface area contributed by atoms with E-state index in [1.54, 1.807) is 0 Å². The van der Waals surface area contributed by atoms with Gasteiger partial charge in [-0.05, 0) is 25.0 Å². The van der Waals surface area contributed by atoms with Gasteiger partial charge in [-0.2, -0.15) is 30.3 Å². The van der Waals surface area contributed by atoms with Gasteiger partial charge in [-0.25, -0.2) is 0 Å². The van der Waals surface area contributed by atoms with Gasteiger partial charge in [0.05, 0.1) is 4.87 Å². The zero-order valence-electron chi connectivity index (χ0n) is 19.3. The molecule has 0 N–H and O–H groups in total. The predicted molar refractivity (Wildman–Crippen MR) is 127 cm³/mol. The number of halogens is 1. The summed E-state index contributed by atoms with van der Waals surface area (Å²) in [6, 6.07) is 27.8. The molecule has 0 bridgehead atoms. The van der Waals surface area contributed by atoms with Crippen molar-refractivity contribution in [1.82, 2.24) is 0 Å². The molecule has 3 rings (SSSR count). The molecule has 0 aliphatic rings. The first-order valence-corrected chi connectivity index (χ1v) is 10.8. The summed E-state index contributed by atoms with van der Waals surface area (Å²) in [5.41, 5.74) is 5.67. The van der Waals surface area contributed by atoms with Crippen LogP contribution in [0.3, 0.4) is 0 Å². The van der Waals surface area contributed by atoms with Gasteiger partial charge in [-0.3, -0.25) is 0 Å². The van der Waals surface area contributed by atoms with Crippen molar-refractivity contribution in [3.05, 3.63) is 107 Å². The second kappa shape index (κ2) is 16.3. The van der Waals surface area contributed by atoms with Crippen LogP contribution < -0.4 is 0 Å². The Hall–Kier alpha value is -1.47. The molecular formula is C27H36ClV-. The van der Waals surface area contributed by atoms with Gasteiger partial charge < -0.3 is 0 Å². The Bertz CT molecular complexity index is 701. The molecule has 0 nitrogen and oxygen atoms in total. The van der Waals surface area contributed by atoms with E-state index in [-0.39, 0.29) is 18.6 Å². The minimum atomic E-state index is -0.684. The van der Waals surface area contributed by atoms with E-state index < -0.39 is 4.87 Å². The largest absolute Gasteiger partial charge is 0.184 e. The first-order chi connectivity index (χ1) is 13.6. The van der Waals surface area contributed by atoms with Crippen LogP contribution in [0.2, 0.25) is 0 Å². The van der Waals surface area contributed by atoms with Crippen molar-refractivity contribution in [2.45, 2.75) is 60.3 Å². The number of hydrogen-bond donors (Lipinski definition) is 0. The Labute approximate surface area is 196 Å². The first kappa shape index (κ1) is 29.7. The second-order valence-corrected chi connectivity index (χ2v) is 6.25. The second-order valence-electron chi connectivity index (χ2n) is 5.68. The van der Waals surface area contributed by atoms with Crippen LogP contribution in [0, 0.1) is 19.9 Å². The van der Waals surface area contributed by atoms with Crippen LogP contribution in [0.15, 0.2) is 72.8 Å². The van der Waals surface area contributed by atoms with E-state index in [2.05, 4.69) is 68.4 Å². The molecule has 0 saturated heterocycles. The summed E-state index contributed by atoms with van der Waals surface area (Å²) in [5.74, 6) is 0. The summed E-state index contributed by atoms with van der Waals surface area (Å²) < 4.78 is 0. The fraction of sp³-hybridized carbons (Fsp3) is 0.333. The summed E-state index contributed by atoms with van der Waals surface area (Å²) in [7, 11) is 0. The van der Waals surface area contributed by atoms with Crippen molar-refractivity contribution in [1.29, 1.82) is 0 Å². The summed E-state index contributed by atoms with van der Waals surface area (Å²) >= 11 is 7.21. The van der Waals surface area contributed by atoms with Gasteiger partial charge in [0.15, 0.2) is 0 Å². The summed E-state index contributed by atoms with van der Waals surface area (Å²) in [6.45, 7) is 16.2. The van der Waals surface area contributed by atoms with Gasteiger partial charge in [0.25, 0.3) is 0 Å². The van der Waals surface area contributed by atoms with E-state index in [0.29, 0.717) is 0 Å². The van der Waals surface area contributed by atoms with Crippen LogP contribution in [0.1, 0.15) is 69.4 Å². The predicted octanol–water partition coefficient (Wildman–Crippen LogP) is 8.71. The molecule has 157 valence electrons. The average molecular weight is 447 g/mol. The third-order valence-corrected chi connectivity index (χ3v) is 4.67. The molecule has 0 aliphatic heterocycles. The normalized spacial score (nSPS) is 9.28. The van der Waals surface area contributed by atoms with E-state index >= 15 is 0 Å². The van der Waals surface area contributed by atoms with Crippen molar-refractivity contribution in [3.8, 4) is 0 Å². The van der Waals surface area contributed by atoms with E-state index in [1.807, 2.05) is 65.8 Å². The van der Waals surface area contributed by atoms with Crippen LogP contribution in [-0.4, -0.2) is 0 Å². The van der Waals surface area contributed by atoms with Crippen LogP contribution >= 0.6 is 11.6 Å². The van der Waals surface area contributed by atoms with Gasteiger partial charge in [-0.1, -0.05) is 101 Å². The SMILES string of the molecule is CC.CC.CC.Cc1ccc(C(Cl)(c2cc[c-]cc2)c2ccc(C)cc2)cc1.[V]. The molecule has 0 aliphatic carbocycles. The topological polar surface area (TPSA) is 0 Å². The molecule has 0 amide bonds. The van der Waals surface area contributed by atoms with Crippen molar-refractivity contribution in [2.75, 3.05) is 0 Å². The van der Waals surface area contributed by atoms with Gasteiger partial charge in [-0.15, -0.1) is 17.2 Å². The van der Waals surface area contributed by atoms with Crippen LogP contribution in [0.25, 0.3) is 0 Å². The maximum atomic E-state index is 7.21. The molecule has 1 radical (unpaired) electrons. The smallest absolute Gasteiger partial charge is 0.0975 e. The fourth-order valence-corrected chi connectivity index (χ4v) is 3.06. The van der Waals surface area contributed by atoms with Crippen molar-refractivity contribution in [2.24, 2.45) is 0 Å². The number of hydrogen-bond acceptors (Lipinski definition) is 0. The molecule has 0 saturated carbocycles. The zero-order chi connectivity index (χ0) is 21.6. The van der Waals surface area contributed by atoms with Crippen LogP contribution in [-0.2, 0) is 23.4 Å². The van der Waals surface area contributed by atoms with E-state index in [0.717, 1.165) is 16.7 Å². The zero-order valence-corrected chi connectivity index (χ0v) is 21.4. The molecule has 0 fully saturated rings. The van der Waals surface area contributed by atoms with Gasteiger partial charge in [0.2, 0.25) is 0 Å². The summed E-state index contributed by atoms with van der Waals surface area (Å²) in [4.78, 5) is -0.684. The minimum Gasteiger partial charge on any atom is -0.184 e. The maximum absolute atomic E-state index is 7.21. The minimum absolute atomic E-state index is 0. The molecule has 0 spiro atoms. The Kier molecular flexibility index (Phi) is 16.8. The number of alkyl halides is 1. The Morgan fingerprint density at radius 1 is 0.552 bits per heavy atom. The van der Waals surface area contributed by atoms with E-state index in [9.17, 15) is 0 Å². The average Bonchev–Trinajstić information content (AvgIpc) is 2.79. The maximum Gasteiger partial charge on any atom is 0.0975 e. The summed E-state index contributed by atoms with van der Waals surface area (Å²) in [5, 5.41) is 0. The number of rotatable bonds is 3. The molecular weight excluding hydrogens is 411 g/mol. The van der Waals surface area contributed by atoms with Gasteiger partial charge in [0, 0.05) is 18.6 Å². The Balaban J connectivity index is 0. The molecule has 2 heteroatoms. The van der Waals surface area contributed by atoms with E-state index in [1.165, 1.54) is 11.1 Å². The quantitative estimate of drug-likeness (QED) is 0.214. The Morgan fingerprint density at radius 3 is 1.14 bits per heavy atom. The summed E-state index contributed by atoms with van der Waals surface area (Å²) in [6.07, 6.45) is 0. The van der Waals surface area contributed by atoms with E-state index in [4.69, 9.17) is 11.6 Å². The fourth-order valence-electron chi connectivity index (χ4n) is 2.68. The standard InChI is InChI=1S/C21H18Cl.3C2H6.V/c1-16-8-12-19(13-9-16)21(22,18-6-4-3-5-7-18)20-14-10-17(2)11-15-20;3*1-2;/h4-15H,1-2H3;3*1-2H3;/q-1;;;;. The third-order valence-electron chi connectivity index (χ3n) is 4.01. The molecule has 3 aromatic rings.